The zero-order valence-electron chi connectivity index (χ0n) is 20.7. The number of benzene rings is 3. The molecule has 2 N–H and O–H groups in total. The topological polar surface area (TPSA) is 76.9 Å². The van der Waals surface area contributed by atoms with E-state index >= 15 is 0 Å². The third kappa shape index (κ3) is 5.44. The molecule has 196 valence electrons. The van der Waals surface area contributed by atoms with Crippen molar-refractivity contribution in [3.05, 3.63) is 112 Å². The van der Waals surface area contributed by atoms with Crippen molar-refractivity contribution in [1.82, 2.24) is 14.7 Å². The number of fused-ring (bicyclic) bond motifs is 2. The highest BCUT2D eigenvalue weighted by Crippen LogP contribution is 2.32. The zero-order valence-corrected chi connectivity index (χ0v) is 23.1. The maximum Gasteiger partial charge on any atom is 0.264 e. The summed E-state index contributed by atoms with van der Waals surface area (Å²) in [5, 5.41) is 7.12. The molecule has 6 rings (SSSR count). The van der Waals surface area contributed by atoms with E-state index in [-0.39, 0.29) is 12.5 Å². The molecule has 0 saturated carbocycles. The molecule has 5 aromatic rings. The van der Waals surface area contributed by atoms with Crippen molar-refractivity contribution in [3.63, 3.8) is 0 Å². The number of carbonyl (C=O) groups excluding carboxylic acids is 1. The first-order valence-electron chi connectivity index (χ1n) is 12.5. The van der Waals surface area contributed by atoms with Crippen LogP contribution >= 0.6 is 27.5 Å². The molecule has 1 amide bonds. The Morgan fingerprint density at radius 3 is 2.49 bits per heavy atom. The number of carbonyl (C=O) groups is 1. The third-order valence-electron chi connectivity index (χ3n) is 6.49. The monoisotopic (exact) mass is 602 g/mol. The Balaban J connectivity index is 1.10. The van der Waals surface area contributed by atoms with Crippen molar-refractivity contribution in [1.29, 1.82) is 0 Å². The summed E-state index contributed by atoms with van der Waals surface area (Å²) in [6.45, 7) is 1.19. The molecule has 3 aromatic carbocycles. The molecule has 7 nitrogen and oxygen atoms in total. The van der Waals surface area contributed by atoms with Gasteiger partial charge in [-0.1, -0.05) is 66.2 Å². The number of nitrogens with one attached hydrogen (secondary N) is 2. The summed E-state index contributed by atoms with van der Waals surface area (Å²) in [5.74, 6) is 1.93. The van der Waals surface area contributed by atoms with Gasteiger partial charge < -0.3 is 20.1 Å². The number of para-hydroxylation sites is 2. The van der Waals surface area contributed by atoms with E-state index in [0.717, 1.165) is 38.3 Å². The van der Waals surface area contributed by atoms with Crippen LogP contribution in [-0.2, 0) is 17.9 Å². The Hall–Kier alpha value is -4.01. The SMILES string of the molecule is O=C(NCc1ccc(CNc2cc(-c3ccccc3Cl)nc3c(Br)ccn23)cc1)C1COc2ccccc2O1. The fourth-order valence-corrected chi connectivity index (χ4v) is 5.04. The average molecular weight is 604 g/mol. The minimum Gasteiger partial charge on any atom is -0.485 e. The normalized spacial score (nSPS) is 14.3. The van der Waals surface area contributed by atoms with Crippen molar-refractivity contribution in [2.24, 2.45) is 0 Å². The largest absolute Gasteiger partial charge is 0.485 e. The zero-order chi connectivity index (χ0) is 26.8. The first-order valence-corrected chi connectivity index (χ1v) is 13.6. The molecule has 0 saturated heterocycles. The number of amides is 1. The summed E-state index contributed by atoms with van der Waals surface area (Å²) < 4.78 is 14.3. The van der Waals surface area contributed by atoms with E-state index in [0.29, 0.717) is 29.6 Å². The van der Waals surface area contributed by atoms with Gasteiger partial charge in [0.1, 0.15) is 12.4 Å². The van der Waals surface area contributed by atoms with Crippen LogP contribution in [0.4, 0.5) is 5.82 Å². The Morgan fingerprint density at radius 2 is 1.69 bits per heavy atom. The quantitative estimate of drug-likeness (QED) is 0.223. The van der Waals surface area contributed by atoms with Gasteiger partial charge in [-0.2, -0.15) is 0 Å². The number of nitrogens with zero attached hydrogens (tertiary/aromatic N) is 2. The maximum atomic E-state index is 12.6. The van der Waals surface area contributed by atoms with Gasteiger partial charge in [0.05, 0.1) is 10.2 Å². The molecule has 9 heteroatoms. The molecule has 39 heavy (non-hydrogen) atoms. The Bertz CT molecular complexity index is 1650. The summed E-state index contributed by atoms with van der Waals surface area (Å²) in [7, 11) is 0. The van der Waals surface area contributed by atoms with Crippen molar-refractivity contribution in [3.8, 4) is 22.8 Å². The van der Waals surface area contributed by atoms with Gasteiger partial charge in [0.25, 0.3) is 5.91 Å². The molecule has 0 radical (unpaired) electrons. The summed E-state index contributed by atoms with van der Waals surface area (Å²) in [6, 6.07) is 27.1. The van der Waals surface area contributed by atoms with E-state index in [1.54, 1.807) is 6.07 Å². The third-order valence-corrected chi connectivity index (χ3v) is 7.43. The lowest BCUT2D eigenvalue weighted by Gasteiger charge is -2.25. The van der Waals surface area contributed by atoms with E-state index in [1.807, 2.05) is 89.5 Å². The first kappa shape index (κ1) is 25.3. The predicted molar refractivity (Wildman–Crippen MR) is 155 cm³/mol. The fraction of sp³-hybridized carbons (Fsp3) is 0.133. The van der Waals surface area contributed by atoms with Gasteiger partial charge in [0.15, 0.2) is 17.1 Å². The lowest BCUT2D eigenvalue weighted by molar-refractivity contribution is -0.130. The second-order valence-corrected chi connectivity index (χ2v) is 10.4. The average Bonchev–Trinajstić information content (AvgIpc) is 3.35. The second kappa shape index (κ2) is 11.0. The van der Waals surface area contributed by atoms with Crippen LogP contribution in [0, 0.1) is 0 Å². The summed E-state index contributed by atoms with van der Waals surface area (Å²) in [6.07, 6.45) is 1.29. The van der Waals surface area contributed by atoms with Crippen LogP contribution in [0.2, 0.25) is 5.02 Å². The second-order valence-electron chi connectivity index (χ2n) is 9.12. The number of ether oxygens (including phenoxy) is 2. The molecule has 1 aliphatic rings. The number of hydrogen-bond donors (Lipinski definition) is 2. The number of hydrogen-bond acceptors (Lipinski definition) is 5. The molecule has 1 unspecified atom stereocenters. The van der Waals surface area contributed by atoms with E-state index in [1.165, 1.54) is 0 Å². The van der Waals surface area contributed by atoms with Crippen LogP contribution < -0.4 is 20.1 Å². The maximum absolute atomic E-state index is 12.6. The summed E-state index contributed by atoms with van der Waals surface area (Å²) in [5.41, 5.74) is 4.56. The highest BCUT2D eigenvalue weighted by molar-refractivity contribution is 9.10. The van der Waals surface area contributed by atoms with Crippen LogP contribution in [0.25, 0.3) is 16.9 Å². The lowest BCUT2D eigenvalue weighted by atomic mass is 10.1. The minimum atomic E-state index is -0.676. The van der Waals surface area contributed by atoms with Crippen molar-refractivity contribution >= 4 is 44.9 Å². The van der Waals surface area contributed by atoms with Gasteiger partial charge in [-0.15, -0.1) is 0 Å². The molecular formula is C30H24BrClN4O3. The van der Waals surface area contributed by atoms with Crippen LogP contribution in [0.3, 0.4) is 0 Å². The highest BCUT2D eigenvalue weighted by atomic mass is 79.9. The van der Waals surface area contributed by atoms with Crippen LogP contribution in [0.15, 0.2) is 95.6 Å². The van der Waals surface area contributed by atoms with Crippen LogP contribution in [0.5, 0.6) is 11.5 Å². The van der Waals surface area contributed by atoms with Gasteiger partial charge in [-0.05, 0) is 51.3 Å². The van der Waals surface area contributed by atoms with Gasteiger partial charge in [0, 0.05) is 35.9 Å². The number of anilines is 1. The van der Waals surface area contributed by atoms with Gasteiger partial charge >= 0.3 is 0 Å². The van der Waals surface area contributed by atoms with Crippen LogP contribution in [0.1, 0.15) is 11.1 Å². The van der Waals surface area contributed by atoms with E-state index in [4.69, 9.17) is 26.1 Å². The minimum absolute atomic E-state index is 0.186. The Labute approximate surface area is 238 Å². The molecule has 3 heterocycles. The van der Waals surface area contributed by atoms with Gasteiger partial charge in [0.2, 0.25) is 6.10 Å². The Morgan fingerprint density at radius 1 is 0.974 bits per heavy atom. The molecule has 1 aliphatic heterocycles. The highest BCUT2D eigenvalue weighted by Gasteiger charge is 2.27. The number of rotatable bonds is 7. The summed E-state index contributed by atoms with van der Waals surface area (Å²) in [4.78, 5) is 17.4. The van der Waals surface area contributed by atoms with Crippen molar-refractivity contribution in [2.75, 3.05) is 11.9 Å². The number of halogens is 2. The van der Waals surface area contributed by atoms with Crippen molar-refractivity contribution in [2.45, 2.75) is 19.2 Å². The molecule has 0 fully saturated rings. The van der Waals surface area contributed by atoms with E-state index < -0.39 is 6.10 Å². The molecule has 0 aliphatic carbocycles. The standard InChI is InChI=1S/C30H24BrClN4O3/c31-22-13-14-36-28(15-24(35-29(22)36)21-5-1-2-6-23(21)32)33-16-19-9-11-20(12-10-19)17-34-30(37)27-18-38-25-7-3-4-8-26(25)39-27/h1-15,27,33H,16-18H2,(H,34,37). The smallest absolute Gasteiger partial charge is 0.264 e. The molecule has 0 spiro atoms. The number of aromatic nitrogens is 2. The molecule has 1 atom stereocenters. The molecule has 0 bridgehead atoms. The van der Waals surface area contributed by atoms with E-state index in [2.05, 4.69) is 26.6 Å². The van der Waals surface area contributed by atoms with Crippen LogP contribution in [-0.4, -0.2) is 28.0 Å². The Kier molecular flexibility index (Phi) is 7.13. The summed E-state index contributed by atoms with van der Waals surface area (Å²) >= 11 is 10.1. The molecule has 2 aromatic heterocycles. The predicted octanol–water partition coefficient (Wildman–Crippen LogP) is 6.49. The first-order chi connectivity index (χ1) is 19.0. The van der Waals surface area contributed by atoms with Gasteiger partial charge in [-0.25, -0.2) is 4.98 Å². The van der Waals surface area contributed by atoms with E-state index in [9.17, 15) is 4.79 Å². The fourth-order valence-electron chi connectivity index (χ4n) is 4.41. The molecular weight excluding hydrogens is 580 g/mol. The van der Waals surface area contributed by atoms with Crippen molar-refractivity contribution < 1.29 is 14.3 Å². The lowest BCUT2D eigenvalue weighted by Crippen LogP contribution is -2.43. The van der Waals surface area contributed by atoms with Gasteiger partial charge in [-0.3, -0.25) is 9.20 Å².